The molecular formula is C16H12BrN3O. The number of anilines is 2. The van der Waals surface area contributed by atoms with Crippen molar-refractivity contribution >= 4 is 33.2 Å². The Morgan fingerprint density at radius 1 is 1.05 bits per heavy atom. The van der Waals surface area contributed by atoms with Crippen LogP contribution in [-0.2, 0) is 4.79 Å². The van der Waals surface area contributed by atoms with Crippen LogP contribution in [-0.4, -0.2) is 5.91 Å². The molecule has 5 heteroatoms. The van der Waals surface area contributed by atoms with Gasteiger partial charge in [0.2, 0.25) is 0 Å². The number of hydrogen-bond acceptors (Lipinski definition) is 3. The van der Waals surface area contributed by atoms with E-state index in [1.165, 1.54) is 6.20 Å². The van der Waals surface area contributed by atoms with Gasteiger partial charge >= 0.3 is 0 Å². The summed E-state index contributed by atoms with van der Waals surface area (Å²) in [5.41, 5.74) is 1.44. The van der Waals surface area contributed by atoms with Crippen LogP contribution in [0.5, 0.6) is 0 Å². The Morgan fingerprint density at radius 3 is 2.33 bits per heavy atom. The number of amides is 1. The standard InChI is InChI=1S/C16H12BrN3O/c17-13-6-8-14(9-7-13)19-11-12(10-18)16(21)20-15-4-2-1-3-5-15/h1-9,11,19H,(H,20,21). The molecule has 4 nitrogen and oxygen atoms in total. The van der Waals surface area contributed by atoms with Crippen molar-refractivity contribution in [2.24, 2.45) is 0 Å². The van der Waals surface area contributed by atoms with Gasteiger partial charge in [-0.05, 0) is 36.4 Å². The van der Waals surface area contributed by atoms with Gasteiger partial charge in [-0.3, -0.25) is 4.79 Å². The third-order valence-electron chi connectivity index (χ3n) is 2.62. The lowest BCUT2D eigenvalue weighted by molar-refractivity contribution is -0.112. The quantitative estimate of drug-likeness (QED) is 0.654. The van der Waals surface area contributed by atoms with Gasteiger partial charge in [-0.2, -0.15) is 5.26 Å². The number of hydrogen-bond donors (Lipinski definition) is 2. The molecule has 2 aromatic carbocycles. The minimum absolute atomic E-state index is 0.00164. The number of para-hydroxylation sites is 1. The Morgan fingerprint density at radius 2 is 1.71 bits per heavy atom. The maximum Gasteiger partial charge on any atom is 0.267 e. The van der Waals surface area contributed by atoms with E-state index in [4.69, 9.17) is 5.26 Å². The molecule has 0 saturated carbocycles. The highest BCUT2D eigenvalue weighted by Crippen LogP contribution is 2.14. The second kappa shape index (κ2) is 7.27. The lowest BCUT2D eigenvalue weighted by atomic mass is 10.2. The zero-order chi connectivity index (χ0) is 15.1. The molecule has 2 rings (SSSR count). The van der Waals surface area contributed by atoms with Gasteiger partial charge in [0.05, 0.1) is 0 Å². The molecule has 0 atom stereocenters. The lowest BCUT2D eigenvalue weighted by Gasteiger charge is -2.05. The first-order chi connectivity index (χ1) is 10.2. The highest BCUT2D eigenvalue weighted by atomic mass is 79.9. The Hall–Kier alpha value is -2.58. The van der Waals surface area contributed by atoms with E-state index in [0.717, 1.165) is 10.2 Å². The van der Waals surface area contributed by atoms with E-state index in [9.17, 15) is 4.79 Å². The summed E-state index contributed by atoms with van der Waals surface area (Å²) in [5.74, 6) is -0.451. The third kappa shape index (κ3) is 4.48. The number of nitriles is 1. The molecule has 0 unspecified atom stereocenters. The molecule has 0 aliphatic rings. The second-order valence-corrected chi connectivity index (χ2v) is 5.06. The molecule has 21 heavy (non-hydrogen) atoms. The molecule has 0 bridgehead atoms. The normalized spacial score (nSPS) is 10.6. The van der Waals surface area contributed by atoms with Crippen molar-refractivity contribution in [3.05, 3.63) is 70.8 Å². The van der Waals surface area contributed by atoms with E-state index in [1.54, 1.807) is 12.1 Å². The topological polar surface area (TPSA) is 64.9 Å². The fourth-order valence-corrected chi connectivity index (χ4v) is 1.83. The Kier molecular flexibility index (Phi) is 5.13. The maximum atomic E-state index is 12.0. The summed E-state index contributed by atoms with van der Waals surface area (Å²) in [6, 6.07) is 18.3. The largest absolute Gasteiger partial charge is 0.360 e. The predicted octanol–water partition coefficient (Wildman–Crippen LogP) is 3.91. The van der Waals surface area contributed by atoms with Gasteiger partial charge in [0.25, 0.3) is 5.91 Å². The zero-order valence-electron chi connectivity index (χ0n) is 11.0. The highest BCUT2D eigenvalue weighted by Gasteiger charge is 2.08. The predicted molar refractivity (Wildman–Crippen MR) is 86.5 cm³/mol. The van der Waals surface area contributed by atoms with Crippen LogP contribution in [0.25, 0.3) is 0 Å². The van der Waals surface area contributed by atoms with Crippen molar-refractivity contribution in [1.82, 2.24) is 0 Å². The van der Waals surface area contributed by atoms with Crippen LogP contribution in [0.3, 0.4) is 0 Å². The molecule has 1 amide bonds. The van der Waals surface area contributed by atoms with Crippen molar-refractivity contribution in [1.29, 1.82) is 5.26 Å². The summed E-state index contributed by atoms with van der Waals surface area (Å²) < 4.78 is 0.958. The molecule has 0 aromatic heterocycles. The molecule has 2 aromatic rings. The Balaban J connectivity index is 2.05. The highest BCUT2D eigenvalue weighted by molar-refractivity contribution is 9.10. The number of rotatable bonds is 4. The zero-order valence-corrected chi connectivity index (χ0v) is 12.6. The maximum absolute atomic E-state index is 12.0. The molecule has 2 N–H and O–H groups in total. The third-order valence-corrected chi connectivity index (χ3v) is 3.15. The van der Waals surface area contributed by atoms with Crippen LogP contribution >= 0.6 is 15.9 Å². The van der Waals surface area contributed by atoms with E-state index >= 15 is 0 Å². The van der Waals surface area contributed by atoms with Crippen molar-refractivity contribution in [3.63, 3.8) is 0 Å². The molecule has 0 saturated heterocycles. The summed E-state index contributed by atoms with van der Waals surface area (Å²) in [5, 5.41) is 14.7. The number of benzene rings is 2. The number of nitrogens with zero attached hydrogens (tertiary/aromatic N) is 1. The van der Waals surface area contributed by atoms with Crippen molar-refractivity contribution in [2.45, 2.75) is 0 Å². The molecule has 0 heterocycles. The fourth-order valence-electron chi connectivity index (χ4n) is 1.57. The van der Waals surface area contributed by atoms with Crippen molar-refractivity contribution in [2.75, 3.05) is 10.6 Å². The van der Waals surface area contributed by atoms with Gasteiger partial charge in [0.1, 0.15) is 11.6 Å². The lowest BCUT2D eigenvalue weighted by Crippen LogP contribution is -2.14. The molecule has 0 spiro atoms. The molecule has 0 fully saturated rings. The van der Waals surface area contributed by atoms with Gasteiger partial charge in [-0.15, -0.1) is 0 Å². The van der Waals surface area contributed by atoms with E-state index in [2.05, 4.69) is 26.6 Å². The summed E-state index contributed by atoms with van der Waals surface area (Å²) >= 11 is 3.34. The fraction of sp³-hybridized carbons (Fsp3) is 0. The SMILES string of the molecule is N#CC(=CNc1ccc(Br)cc1)C(=O)Nc1ccccc1. The summed E-state index contributed by atoms with van der Waals surface area (Å²) in [7, 11) is 0. The van der Waals surface area contributed by atoms with Crippen molar-refractivity contribution < 1.29 is 4.79 Å². The summed E-state index contributed by atoms with van der Waals surface area (Å²) in [4.78, 5) is 12.0. The number of halogens is 1. The van der Waals surface area contributed by atoms with Gasteiger partial charge < -0.3 is 10.6 Å². The van der Waals surface area contributed by atoms with Crippen LogP contribution in [0.15, 0.2) is 70.8 Å². The molecule has 0 radical (unpaired) electrons. The van der Waals surface area contributed by atoms with Crippen LogP contribution in [0, 0.1) is 11.3 Å². The van der Waals surface area contributed by atoms with Gasteiger partial charge in [-0.25, -0.2) is 0 Å². The van der Waals surface area contributed by atoms with Crippen LogP contribution in [0.4, 0.5) is 11.4 Å². The van der Waals surface area contributed by atoms with Gasteiger partial charge in [-0.1, -0.05) is 34.1 Å². The summed E-state index contributed by atoms with van der Waals surface area (Å²) in [6.07, 6.45) is 1.39. The average molecular weight is 342 g/mol. The number of carbonyl (C=O) groups excluding carboxylic acids is 1. The van der Waals surface area contributed by atoms with Crippen LogP contribution in [0.2, 0.25) is 0 Å². The minimum atomic E-state index is -0.451. The van der Waals surface area contributed by atoms with Crippen LogP contribution in [0.1, 0.15) is 0 Å². The van der Waals surface area contributed by atoms with Gasteiger partial charge in [0, 0.05) is 22.0 Å². The molecule has 0 aliphatic carbocycles. The Labute approximate surface area is 131 Å². The second-order valence-electron chi connectivity index (χ2n) is 4.14. The van der Waals surface area contributed by atoms with Crippen molar-refractivity contribution in [3.8, 4) is 6.07 Å². The first-order valence-electron chi connectivity index (χ1n) is 6.18. The molecule has 0 aliphatic heterocycles. The Bertz CT molecular complexity index is 688. The number of carbonyl (C=O) groups is 1. The number of nitrogens with one attached hydrogen (secondary N) is 2. The minimum Gasteiger partial charge on any atom is -0.360 e. The first-order valence-corrected chi connectivity index (χ1v) is 6.97. The monoisotopic (exact) mass is 341 g/mol. The van der Waals surface area contributed by atoms with E-state index in [-0.39, 0.29) is 5.57 Å². The smallest absolute Gasteiger partial charge is 0.267 e. The summed E-state index contributed by atoms with van der Waals surface area (Å²) in [6.45, 7) is 0. The average Bonchev–Trinajstić information content (AvgIpc) is 2.51. The van der Waals surface area contributed by atoms with E-state index < -0.39 is 5.91 Å². The molecular weight excluding hydrogens is 330 g/mol. The van der Waals surface area contributed by atoms with Gasteiger partial charge in [0.15, 0.2) is 0 Å². The first kappa shape index (κ1) is 14.8. The molecule has 104 valence electrons. The van der Waals surface area contributed by atoms with E-state index in [0.29, 0.717) is 5.69 Å². The van der Waals surface area contributed by atoms with E-state index in [1.807, 2.05) is 48.5 Å². The van der Waals surface area contributed by atoms with Crippen LogP contribution < -0.4 is 10.6 Å².